The molecule has 1 aromatic heterocycles. The number of aromatic amines is 1. The van der Waals surface area contributed by atoms with Crippen LogP contribution in [0, 0.1) is 6.92 Å². The van der Waals surface area contributed by atoms with E-state index in [1.54, 1.807) is 12.1 Å². The van der Waals surface area contributed by atoms with Crippen LogP contribution in [0.1, 0.15) is 16.8 Å². The zero-order chi connectivity index (χ0) is 12.6. The Balaban J connectivity index is 2.65. The van der Waals surface area contributed by atoms with E-state index in [1.165, 1.54) is 0 Å². The van der Waals surface area contributed by atoms with E-state index in [4.69, 9.17) is 10.8 Å². The van der Waals surface area contributed by atoms with Crippen LogP contribution < -0.4 is 5.73 Å². The molecule has 0 spiro atoms. The number of carboxylic acids is 1. The number of nitrogens with two attached hydrogens (primary N) is 1. The Morgan fingerprint density at radius 1 is 1.47 bits per heavy atom. The minimum absolute atomic E-state index is 0.0623. The standard InChI is InChI=1S/C12H14N2O3/c1-6-8(4-12(16)17)9-3-11(15)7(5-13)2-10(9)14-6/h2-3,14-15H,4-5,13H2,1H3,(H,16,17). The van der Waals surface area contributed by atoms with Crippen LogP contribution in [0.4, 0.5) is 0 Å². The van der Waals surface area contributed by atoms with Crippen LogP contribution in [0.3, 0.4) is 0 Å². The molecule has 2 aromatic rings. The molecule has 1 aromatic carbocycles. The highest BCUT2D eigenvalue weighted by Gasteiger charge is 2.13. The molecule has 0 saturated heterocycles. The van der Waals surface area contributed by atoms with Crippen molar-refractivity contribution in [2.24, 2.45) is 5.73 Å². The van der Waals surface area contributed by atoms with E-state index in [1.807, 2.05) is 6.92 Å². The maximum absolute atomic E-state index is 10.8. The third kappa shape index (κ3) is 1.97. The summed E-state index contributed by atoms with van der Waals surface area (Å²) >= 11 is 0. The first-order valence-corrected chi connectivity index (χ1v) is 5.27. The van der Waals surface area contributed by atoms with Crippen LogP contribution in [-0.2, 0) is 17.8 Å². The lowest BCUT2D eigenvalue weighted by Gasteiger charge is -2.02. The smallest absolute Gasteiger partial charge is 0.307 e. The highest BCUT2D eigenvalue weighted by Crippen LogP contribution is 2.29. The number of aryl methyl sites for hydroxylation is 1. The van der Waals surface area contributed by atoms with Crippen molar-refractivity contribution < 1.29 is 15.0 Å². The molecule has 90 valence electrons. The fourth-order valence-electron chi connectivity index (χ4n) is 2.01. The summed E-state index contributed by atoms with van der Waals surface area (Å²) in [6, 6.07) is 3.32. The molecule has 17 heavy (non-hydrogen) atoms. The molecule has 0 fully saturated rings. The number of benzene rings is 1. The second-order valence-electron chi connectivity index (χ2n) is 4.03. The summed E-state index contributed by atoms with van der Waals surface area (Å²) in [7, 11) is 0. The van der Waals surface area contributed by atoms with Crippen molar-refractivity contribution in [3.05, 3.63) is 29.0 Å². The summed E-state index contributed by atoms with van der Waals surface area (Å²) in [5.41, 5.74) is 8.44. The summed E-state index contributed by atoms with van der Waals surface area (Å²) in [4.78, 5) is 13.9. The Bertz CT molecular complexity index is 587. The zero-order valence-electron chi connectivity index (χ0n) is 9.45. The lowest BCUT2D eigenvalue weighted by molar-refractivity contribution is -0.136. The summed E-state index contributed by atoms with van der Waals surface area (Å²) in [5, 5.41) is 19.3. The van der Waals surface area contributed by atoms with Crippen LogP contribution in [-0.4, -0.2) is 21.2 Å². The number of carboxylic acid groups (broad SMARTS) is 1. The number of aromatic hydroxyl groups is 1. The van der Waals surface area contributed by atoms with Crippen molar-refractivity contribution in [2.75, 3.05) is 0 Å². The Morgan fingerprint density at radius 2 is 2.18 bits per heavy atom. The van der Waals surface area contributed by atoms with Gasteiger partial charge in [-0.2, -0.15) is 0 Å². The van der Waals surface area contributed by atoms with E-state index in [-0.39, 0.29) is 18.7 Å². The SMILES string of the molecule is Cc1[nH]c2cc(CN)c(O)cc2c1CC(=O)O. The lowest BCUT2D eigenvalue weighted by atomic mass is 10.1. The van der Waals surface area contributed by atoms with Gasteiger partial charge in [0.25, 0.3) is 0 Å². The molecule has 2 rings (SSSR count). The Hall–Kier alpha value is -2.01. The van der Waals surface area contributed by atoms with Crippen LogP contribution >= 0.6 is 0 Å². The van der Waals surface area contributed by atoms with E-state index < -0.39 is 5.97 Å². The quantitative estimate of drug-likeness (QED) is 0.642. The molecule has 0 unspecified atom stereocenters. The van der Waals surface area contributed by atoms with Gasteiger partial charge in [0.05, 0.1) is 6.42 Å². The number of rotatable bonds is 3. The average Bonchev–Trinajstić information content (AvgIpc) is 2.54. The molecule has 0 saturated carbocycles. The van der Waals surface area contributed by atoms with Gasteiger partial charge >= 0.3 is 5.97 Å². The predicted octanol–water partition coefficient (Wildman–Crippen LogP) is 1.27. The van der Waals surface area contributed by atoms with Gasteiger partial charge in [-0.3, -0.25) is 4.79 Å². The molecule has 5 N–H and O–H groups in total. The second kappa shape index (κ2) is 4.10. The molecule has 5 heteroatoms. The van der Waals surface area contributed by atoms with Crippen LogP contribution in [0.25, 0.3) is 10.9 Å². The number of hydrogen-bond acceptors (Lipinski definition) is 3. The van der Waals surface area contributed by atoms with Crippen LogP contribution in [0.15, 0.2) is 12.1 Å². The van der Waals surface area contributed by atoms with Crippen molar-refractivity contribution in [2.45, 2.75) is 19.9 Å². The molecule has 5 nitrogen and oxygen atoms in total. The van der Waals surface area contributed by atoms with E-state index in [9.17, 15) is 9.90 Å². The Morgan fingerprint density at radius 3 is 2.76 bits per heavy atom. The highest BCUT2D eigenvalue weighted by molar-refractivity contribution is 5.90. The van der Waals surface area contributed by atoms with Crippen molar-refractivity contribution >= 4 is 16.9 Å². The first-order valence-electron chi connectivity index (χ1n) is 5.27. The molecule has 0 aliphatic carbocycles. The second-order valence-corrected chi connectivity index (χ2v) is 4.03. The number of aliphatic carboxylic acids is 1. The van der Waals surface area contributed by atoms with Gasteiger partial charge in [0.1, 0.15) is 5.75 Å². The molecule has 0 amide bonds. The molecule has 1 heterocycles. The summed E-state index contributed by atoms with van der Waals surface area (Å²) in [6.45, 7) is 2.06. The summed E-state index contributed by atoms with van der Waals surface area (Å²) < 4.78 is 0. The van der Waals surface area contributed by atoms with Gasteiger partial charge in [-0.05, 0) is 24.6 Å². The number of hydrogen-bond donors (Lipinski definition) is 4. The van der Waals surface area contributed by atoms with Crippen LogP contribution in [0.2, 0.25) is 0 Å². The Labute approximate surface area is 97.9 Å². The van der Waals surface area contributed by atoms with Crippen LogP contribution in [0.5, 0.6) is 5.75 Å². The fourth-order valence-corrected chi connectivity index (χ4v) is 2.01. The monoisotopic (exact) mass is 234 g/mol. The molecular formula is C12H14N2O3. The number of aromatic nitrogens is 1. The number of nitrogens with one attached hydrogen (secondary N) is 1. The first kappa shape index (κ1) is 11.5. The molecule has 0 bridgehead atoms. The lowest BCUT2D eigenvalue weighted by Crippen LogP contribution is -2.01. The Kier molecular flexibility index (Phi) is 2.77. The maximum atomic E-state index is 10.8. The minimum atomic E-state index is -0.892. The van der Waals surface area contributed by atoms with Gasteiger partial charge in [-0.25, -0.2) is 0 Å². The summed E-state index contributed by atoms with van der Waals surface area (Å²) in [6.07, 6.45) is -0.0623. The minimum Gasteiger partial charge on any atom is -0.508 e. The largest absolute Gasteiger partial charge is 0.508 e. The van der Waals surface area contributed by atoms with E-state index in [0.717, 1.165) is 16.6 Å². The van der Waals surface area contributed by atoms with Crippen molar-refractivity contribution in [1.82, 2.24) is 4.98 Å². The number of fused-ring (bicyclic) bond motifs is 1. The predicted molar refractivity (Wildman–Crippen MR) is 63.9 cm³/mol. The van der Waals surface area contributed by atoms with Gasteiger partial charge in [0.15, 0.2) is 0 Å². The molecular weight excluding hydrogens is 220 g/mol. The zero-order valence-corrected chi connectivity index (χ0v) is 9.45. The highest BCUT2D eigenvalue weighted by atomic mass is 16.4. The van der Waals surface area contributed by atoms with Gasteiger partial charge in [-0.15, -0.1) is 0 Å². The van der Waals surface area contributed by atoms with Gasteiger partial charge in [-0.1, -0.05) is 0 Å². The number of carbonyl (C=O) groups is 1. The van der Waals surface area contributed by atoms with Crippen molar-refractivity contribution in [3.8, 4) is 5.75 Å². The van der Waals surface area contributed by atoms with Gasteiger partial charge < -0.3 is 20.9 Å². The van der Waals surface area contributed by atoms with Gasteiger partial charge in [0.2, 0.25) is 0 Å². The number of phenols is 1. The molecule has 0 radical (unpaired) electrons. The summed E-state index contributed by atoms with van der Waals surface area (Å²) in [5.74, 6) is -0.790. The average molecular weight is 234 g/mol. The van der Waals surface area contributed by atoms with E-state index >= 15 is 0 Å². The number of phenolic OH excluding ortho intramolecular Hbond substituents is 1. The van der Waals surface area contributed by atoms with Crippen molar-refractivity contribution in [1.29, 1.82) is 0 Å². The molecule has 0 atom stereocenters. The van der Waals surface area contributed by atoms with Gasteiger partial charge in [0, 0.05) is 28.7 Å². The maximum Gasteiger partial charge on any atom is 0.307 e. The third-order valence-corrected chi connectivity index (χ3v) is 2.87. The topological polar surface area (TPSA) is 99.3 Å². The third-order valence-electron chi connectivity index (χ3n) is 2.87. The number of H-pyrrole nitrogens is 1. The molecule has 0 aliphatic heterocycles. The van der Waals surface area contributed by atoms with E-state index in [0.29, 0.717) is 11.1 Å². The normalized spacial score (nSPS) is 10.9. The fraction of sp³-hybridized carbons (Fsp3) is 0.250. The first-order chi connectivity index (χ1) is 8.02. The van der Waals surface area contributed by atoms with E-state index in [2.05, 4.69) is 4.98 Å². The van der Waals surface area contributed by atoms with Crippen molar-refractivity contribution in [3.63, 3.8) is 0 Å². The molecule has 0 aliphatic rings.